The molecule has 0 amide bonds. The van der Waals surface area contributed by atoms with Crippen molar-refractivity contribution in [3.05, 3.63) is 89.5 Å². The Bertz CT molecular complexity index is 949. The lowest BCUT2D eigenvalue weighted by atomic mass is 10.0. The van der Waals surface area contributed by atoms with Crippen LogP contribution in [0.4, 0.5) is 0 Å². The van der Waals surface area contributed by atoms with E-state index in [1.54, 1.807) is 0 Å². The fourth-order valence-corrected chi connectivity index (χ4v) is 3.09. The van der Waals surface area contributed by atoms with Crippen molar-refractivity contribution < 1.29 is 9.47 Å². The summed E-state index contributed by atoms with van der Waals surface area (Å²) in [6.45, 7) is 10.8. The minimum absolute atomic E-state index is 0.501. The molecule has 0 bridgehead atoms. The van der Waals surface area contributed by atoms with Crippen LogP contribution in [0.3, 0.4) is 0 Å². The fraction of sp³-hybridized carbons (Fsp3) is 0.259. The number of hydrogen-bond donors (Lipinski definition) is 0. The van der Waals surface area contributed by atoms with E-state index in [2.05, 4.69) is 52.0 Å². The van der Waals surface area contributed by atoms with E-state index in [0.717, 1.165) is 28.6 Å². The number of ether oxygens (including phenoxy) is 2. The van der Waals surface area contributed by atoms with E-state index in [0.29, 0.717) is 11.8 Å². The molecule has 2 heteroatoms. The third kappa shape index (κ3) is 5.51. The van der Waals surface area contributed by atoms with Crippen LogP contribution >= 0.6 is 0 Å². The quantitative estimate of drug-likeness (QED) is 0.405. The number of benzene rings is 3. The van der Waals surface area contributed by atoms with E-state index >= 15 is 0 Å². The predicted octanol–water partition coefficient (Wildman–Crippen LogP) is 8.55. The van der Waals surface area contributed by atoms with Crippen LogP contribution in [-0.2, 0) is 0 Å². The monoisotopic (exact) mass is 386 g/mol. The molecule has 3 aromatic rings. The van der Waals surface area contributed by atoms with Gasteiger partial charge in [0.25, 0.3) is 0 Å². The normalized spacial score (nSPS) is 11.4. The summed E-state index contributed by atoms with van der Waals surface area (Å²) in [4.78, 5) is 0. The van der Waals surface area contributed by atoms with Gasteiger partial charge in [0.2, 0.25) is 0 Å². The molecule has 0 aliphatic heterocycles. The van der Waals surface area contributed by atoms with Crippen molar-refractivity contribution in [3.8, 4) is 23.0 Å². The molecular formula is C27H30O2. The van der Waals surface area contributed by atoms with Crippen LogP contribution in [0, 0.1) is 0 Å². The molecule has 3 aromatic carbocycles. The van der Waals surface area contributed by atoms with Gasteiger partial charge in [0.1, 0.15) is 23.0 Å². The lowest BCUT2D eigenvalue weighted by molar-refractivity contribution is 0.459. The topological polar surface area (TPSA) is 18.5 Å². The maximum atomic E-state index is 6.19. The third-order valence-electron chi connectivity index (χ3n) is 4.89. The zero-order chi connectivity index (χ0) is 20.8. The highest BCUT2D eigenvalue weighted by Crippen LogP contribution is 2.33. The molecule has 150 valence electrons. The van der Waals surface area contributed by atoms with Gasteiger partial charge < -0.3 is 9.47 Å². The maximum Gasteiger partial charge on any atom is 0.138 e. The first-order chi connectivity index (χ1) is 14.0. The molecule has 0 spiro atoms. The van der Waals surface area contributed by atoms with Gasteiger partial charge in [0.05, 0.1) is 0 Å². The Morgan fingerprint density at radius 1 is 0.621 bits per heavy atom. The Kier molecular flexibility index (Phi) is 6.77. The van der Waals surface area contributed by atoms with Gasteiger partial charge in [-0.25, -0.2) is 0 Å². The van der Waals surface area contributed by atoms with Gasteiger partial charge in [-0.1, -0.05) is 64.1 Å². The molecule has 0 saturated carbocycles. The highest BCUT2D eigenvalue weighted by molar-refractivity contribution is 5.60. The van der Waals surface area contributed by atoms with Crippen molar-refractivity contribution in [3.63, 3.8) is 0 Å². The van der Waals surface area contributed by atoms with Crippen molar-refractivity contribution in [1.82, 2.24) is 0 Å². The smallest absolute Gasteiger partial charge is 0.138 e. The summed E-state index contributed by atoms with van der Waals surface area (Å²) in [5.74, 6) is 4.17. The molecule has 0 N–H and O–H groups in total. The lowest BCUT2D eigenvalue weighted by Gasteiger charge is -2.13. The summed E-state index contributed by atoms with van der Waals surface area (Å²) in [6.07, 6.45) is 4.05. The largest absolute Gasteiger partial charge is 0.457 e. The molecule has 0 saturated heterocycles. The van der Waals surface area contributed by atoms with Crippen LogP contribution in [0.5, 0.6) is 23.0 Å². The van der Waals surface area contributed by atoms with Gasteiger partial charge >= 0.3 is 0 Å². The molecule has 3 rings (SSSR count). The van der Waals surface area contributed by atoms with Gasteiger partial charge in [-0.3, -0.25) is 0 Å². The Morgan fingerprint density at radius 2 is 1.10 bits per heavy atom. The molecule has 2 nitrogen and oxygen atoms in total. The standard InChI is InChI=1S/C27H30O2/c1-6-7-23-12-17-26(28-24-13-8-21(9-14-24)19(2)3)18-27(23)29-25-15-10-22(11-16-25)20(4)5/h6-20H,1-5H3/b7-6-. The van der Waals surface area contributed by atoms with E-state index in [9.17, 15) is 0 Å². The number of allylic oxidation sites excluding steroid dienone is 1. The number of rotatable bonds is 7. The highest BCUT2D eigenvalue weighted by Gasteiger charge is 2.08. The Balaban J connectivity index is 1.83. The second-order valence-electron chi connectivity index (χ2n) is 7.85. The summed E-state index contributed by atoms with van der Waals surface area (Å²) in [5.41, 5.74) is 3.62. The van der Waals surface area contributed by atoms with Crippen molar-refractivity contribution in [2.24, 2.45) is 0 Å². The second kappa shape index (κ2) is 9.47. The molecule has 29 heavy (non-hydrogen) atoms. The average molecular weight is 387 g/mol. The molecule has 0 fully saturated rings. The summed E-state index contributed by atoms with van der Waals surface area (Å²) >= 11 is 0. The fourth-order valence-electron chi connectivity index (χ4n) is 3.09. The van der Waals surface area contributed by atoms with Gasteiger partial charge in [0.15, 0.2) is 0 Å². The van der Waals surface area contributed by atoms with Crippen LogP contribution in [-0.4, -0.2) is 0 Å². The van der Waals surface area contributed by atoms with Crippen molar-refractivity contribution in [2.45, 2.75) is 46.5 Å². The van der Waals surface area contributed by atoms with Crippen molar-refractivity contribution in [2.75, 3.05) is 0 Å². The first kappa shape index (κ1) is 20.7. The van der Waals surface area contributed by atoms with Gasteiger partial charge in [-0.2, -0.15) is 0 Å². The van der Waals surface area contributed by atoms with Crippen LogP contribution < -0.4 is 9.47 Å². The molecule has 0 atom stereocenters. The third-order valence-corrected chi connectivity index (χ3v) is 4.89. The summed E-state index contributed by atoms with van der Waals surface area (Å²) in [6, 6.07) is 22.5. The summed E-state index contributed by atoms with van der Waals surface area (Å²) in [5, 5.41) is 0. The van der Waals surface area contributed by atoms with Gasteiger partial charge in [0, 0.05) is 11.6 Å². The first-order valence-corrected chi connectivity index (χ1v) is 10.3. The zero-order valence-corrected chi connectivity index (χ0v) is 18.0. The van der Waals surface area contributed by atoms with E-state index in [1.807, 2.05) is 61.5 Å². The predicted molar refractivity (Wildman–Crippen MR) is 122 cm³/mol. The van der Waals surface area contributed by atoms with Crippen molar-refractivity contribution >= 4 is 6.08 Å². The maximum absolute atomic E-state index is 6.19. The Hall–Kier alpha value is -3.00. The van der Waals surface area contributed by atoms with E-state index in [4.69, 9.17) is 9.47 Å². The van der Waals surface area contributed by atoms with E-state index in [-0.39, 0.29) is 0 Å². The van der Waals surface area contributed by atoms with E-state index in [1.165, 1.54) is 11.1 Å². The second-order valence-corrected chi connectivity index (χ2v) is 7.85. The molecule has 0 aliphatic carbocycles. The van der Waals surface area contributed by atoms with E-state index < -0.39 is 0 Å². The van der Waals surface area contributed by atoms with Crippen LogP contribution in [0.2, 0.25) is 0 Å². The minimum Gasteiger partial charge on any atom is -0.457 e. The zero-order valence-electron chi connectivity index (χ0n) is 18.0. The lowest BCUT2D eigenvalue weighted by Crippen LogP contribution is -1.92. The summed E-state index contributed by atoms with van der Waals surface area (Å²) in [7, 11) is 0. The molecule has 0 aromatic heterocycles. The van der Waals surface area contributed by atoms with Gasteiger partial charge in [-0.15, -0.1) is 0 Å². The SMILES string of the molecule is C/C=C\c1ccc(Oc2ccc(C(C)C)cc2)cc1Oc1ccc(C(C)C)cc1. The Morgan fingerprint density at radius 3 is 1.59 bits per heavy atom. The number of hydrogen-bond acceptors (Lipinski definition) is 2. The summed E-state index contributed by atoms with van der Waals surface area (Å²) < 4.78 is 12.3. The molecular weight excluding hydrogens is 356 g/mol. The Labute approximate surface area is 174 Å². The van der Waals surface area contributed by atoms with Crippen LogP contribution in [0.15, 0.2) is 72.8 Å². The highest BCUT2D eigenvalue weighted by atomic mass is 16.5. The molecule has 0 radical (unpaired) electrons. The molecule has 0 heterocycles. The van der Waals surface area contributed by atoms with Crippen LogP contribution in [0.1, 0.15) is 63.1 Å². The van der Waals surface area contributed by atoms with Crippen LogP contribution in [0.25, 0.3) is 6.08 Å². The minimum atomic E-state index is 0.501. The van der Waals surface area contributed by atoms with Crippen molar-refractivity contribution in [1.29, 1.82) is 0 Å². The van der Waals surface area contributed by atoms with Gasteiger partial charge in [-0.05, 0) is 66.3 Å². The average Bonchev–Trinajstić information content (AvgIpc) is 2.71. The first-order valence-electron chi connectivity index (χ1n) is 10.3. The molecule has 0 aliphatic rings. The molecule has 0 unspecified atom stereocenters.